The van der Waals surface area contributed by atoms with Crippen molar-refractivity contribution in [1.29, 1.82) is 0 Å². The Kier molecular flexibility index (Phi) is 5.97. The molecule has 0 radical (unpaired) electrons. The summed E-state index contributed by atoms with van der Waals surface area (Å²) in [5.74, 6) is 0.284. The van der Waals surface area contributed by atoms with Crippen molar-refractivity contribution in [2.24, 2.45) is 0 Å². The molecule has 1 aromatic rings. The molecule has 2 rings (SSSR count). The van der Waals surface area contributed by atoms with Gasteiger partial charge in [-0.05, 0) is 6.42 Å². The summed E-state index contributed by atoms with van der Waals surface area (Å²) in [7, 11) is 2.90. The molecule has 0 bridgehead atoms. The van der Waals surface area contributed by atoms with Crippen molar-refractivity contribution in [3.8, 4) is 11.9 Å². The number of hydrogen-bond donors (Lipinski definition) is 2. The first-order valence-electron chi connectivity index (χ1n) is 7.69. The van der Waals surface area contributed by atoms with Gasteiger partial charge in [-0.15, -0.1) is 0 Å². The molecular weight excluding hydrogens is 302 g/mol. The minimum Gasteiger partial charge on any atom is -0.481 e. The molecule has 1 aromatic heterocycles. The molecule has 2 N–H and O–H groups in total. The lowest BCUT2D eigenvalue weighted by Crippen LogP contribution is -2.48. The molecule has 3 atom stereocenters. The van der Waals surface area contributed by atoms with Crippen LogP contribution in [0.3, 0.4) is 0 Å². The van der Waals surface area contributed by atoms with Crippen molar-refractivity contribution >= 4 is 6.09 Å². The second-order valence-corrected chi connectivity index (χ2v) is 5.42. The lowest BCUT2D eigenvalue weighted by Gasteiger charge is -2.32. The molecule has 128 valence electrons. The summed E-state index contributed by atoms with van der Waals surface area (Å²) in [5.41, 5.74) is 0.329. The van der Waals surface area contributed by atoms with Gasteiger partial charge in [0, 0.05) is 12.5 Å². The number of carbonyl (C=O) groups is 1. The van der Waals surface area contributed by atoms with Crippen LogP contribution in [0.1, 0.15) is 44.4 Å². The Morgan fingerprint density at radius 2 is 2.22 bits per heavy atom. The van der Waals surface area contributed by atoms with Crippen LogP contribution in [0, 0.1) is 0 Å². The molecule has 0 spiro atoms. The van der Waals surface area contributed by atoms with E-state index in [4.69, 9.17) is 14.2 Å². The van der Waals surface area contributed by atoms with Gasteiger partial charge >= 0.3 is 12.1 Å². The average molecular weight is 325 g/mol. The molecule has 0 aliphatic carbocycles. The average Bonchev–Trinajstić information content (AvgIpc) is 2.58. The fourth-order valence-corrected chi connectivity index (χ4v) is 2.52. The normalized spacial score (nSPS) is 22.0. The van der Waals surface area contributed by atoms with Gasteiger partial charge in [-0.1, -0.05) is 19.8 Å². The Balaban J connectivity index is 2.14. The molecule has 8 heteroatoms. The second kappa shape index (κ2) is 7.96. The zero-order chi connectivity index (χ0) is 16.8. The van der Waals surface area contributed by atoms with Crippen LogP contribution in [-0.4, -0.2) is 47.5 Å². The van der Waals surface area contributed by atoms with Gasteiger partial charge in [-0.25, -0.2) is 4.79 Å². The van der Waals surface area contributed by atoms with E-state index in [2.05, 4.69) is 22.2 Å². The summed E-state index contributed by atoms with van der Waals surface area (Å²) in [6, 6.07) is 1.14. The second-order valence-electron chi connectivity index (χ2n) is 5.42. The Morgan fingerprint density at radius 1 is 1.43 bits per heavy atom. The number of cyclic esters (lactones) is 1. The zero-order valence-corrected chi connectivity index (χ0v) is 13.6. The minimum absolute atomic E-state index is 0.0966. The van der Waals surface area contributed by atoms with E-state index in [0.717, 1.165) is 19.3 Å². The summed E-state index contributed by atoms with van der Waals surface area (Å²) in [4.78, 5) is 19.8. The van der Waals surface area contributed by atoms with Crippen LogP contribution in [-0.2, 0) is 4.74 Å². The number of aliphatic hydroxyl groups is 1. The largest absolute Gasteiger partial charge is 0.481 e. The van der Waals surface area contributed by atoms with Gasteiger partial charge in [0.25, 0.3) is 0 Å². The Bertz CT molecular complexity index is 518. The van der Waals surface area contributed by atoms with Crippen molar-refractivity contribution in [3.05, 3.63) is 11.8 Å². The minimum atomic E-state index is -1.00. The van der Waals surface area contributed by atoms with Crippen molar-refractivity contribution in [1.82, 2.24) is 15.3 Å². The summed E-state index contributed by atoms with van der Waals surface area (Å²) in [6.45, 7) is 2.08. The van der Waals surface area contributed by atoms with E-state index in [-0.39, 0.29) is 18.0 Å². The number of alkyl carbamates (subject to hydrolysis) is 1. The summed E-state index contributed by atoms with van der Waals surface area (Å²) in [6.07, 6.45) is 1.57. The van der Waals surface area contributed by atoms with E-state index < -0.39 is 18.2 Å². The first-order valence-corrected chi connectivity index (χ1v) is 7.69. The molecule has 1 aliphatic rings. The van der Waals surface area contributed by atoms with Crippen LogP contribution in [0.15, 0.2) is 6.07 Å². The van der Waals surface area contributed by atoms with Crippen molar-refractivity contribution in [2.45, 2.75) is 50.9 Å². The van der Waals surface area contributed by atoms with Gasteiger partial charge < -0.3 is 24.6 Å². The van der Waals surface area contributed by atoms with Gasteiger partial charge in [0.2, 0.25) is 5.88 Å². The third-order valence-electron chi connectivity index (χ3n) is 3.75. The maximum absolute atomic E-state index is 11.7. The van der Waals surface area contributed by atoms with Crippen LogP contribution in [0.2, 0.25) is 0 Å². The Morgan fingerprint density at radius 3 is 2.87 bits per heavy atom. The number of ether oxygens (including phenoxy) is 3. The molecule has 1 fully saturated rings. The molecule has 0 aromatic carbocycles. The third kappa shape index (κ3) is 4.44. The first kappa shape index (κ1) is 17.3. The number of nitrogens with zero attached hydrogens (tertiary/aromatic N) is 2. The van der Waals surface area contributed by atoms with Crippen LogP contribution < -0.4 is 14.8 Å². The van der Waals surface area contributed by atoms with Crippen molar-refractivity contribution < 1.29 is 24.1 Å². The smallest absolute Gasteiger partial charge is 0.407 e. The van der Waals surface area contributed by atoms with Crippen LogP contribution >= 0.6 is 0 Å². The standard InChI is InChI=1S/C15H23N3O5/c1-4-5-6-9-7-10(17-15(20)23-9)13(19)11-8-12(21-2)18-14(16-11)22-3/h8-10,13,19H,4-7H2,1-3H3,(H,17,20)/t9-,10-,13-/m1/s1. The maximum Gasteiger partial charge on any atom is 0.407 e. The van der Waals surface area contributed by atoms with Crippen molar-refractivity contribution in [2.75, 3.05) is 14.2 Å². The number of aromatic nitrogens is 2. The van der Waals surface area contributed by atoms with E-state index in [0.29, 0.717) is 12.1 Å². The zero-order valence-electron chi connectivity index (χ0n) is 13.6. The van der Waals surface area contributed by atoms with E-state index >= 15 is 0 Å². The van der Waals surface area contributed by atoms with E-state index in [9.17, 15) is 9.90 Å². The molecule has 0 saturated carbocycles. The highest BCUT2D eigenvalue weighted by Crippen LogP contribution is 2.27. The van der Waals surface area contributed by atoms with Gasteiger partial charge in [0.15, 0.2) is 0 Å². The number of methoxy groups -OCH3 is 2. The van der Waals surface area contributed by atoms with Gasteiger partial charge in [0.1, 0.15) is 12.2 Å². The predicted octanol–water partition coefficient (Wildman–Crippen LogP) is 1.58. The molecule has 0 unspecified atom stereocenters. The highest BCUT2D eigenvalue weighted by molar-refractivity contribution is 5.68. The SMILES string of the molecule is CCCC[C@@H]1C[C@H]([C@@H](O)c2cc(OC)nc(OC)n2)NC(=O)O1. The number of unbranched alkanes of at least 4 members (excludes halogenated alkanes) is 1. The van der Waals surface area contributed by atoms with Gasteiger partial charge in [-0.2, -0.15) is 9.97 Å². The quantitative estimate of drug-likeness (QED) is 0.784. The van der Waals surface area contributed by atoms with Crippen LogP contribution in [0.5, 0.6) is 11.9 Å². The summed E-state index contributed by atoms with van der Waals surface area (Å²) >= 11 is 0. The molecule has 1 saturated heterocycles. The highest BCUT2D eigenvalue weighted by atomic mass is 16.6. The lowest BCUT2D eigenvalue weighted by molar-refractivity contribution is 0.0179. The number of aliphatic hydroxyl groups excluding tert-OH is 1. The number of carbonyl (C=O) groups excluding carboxylic acids is 1. The molecule has 1 amide bonds. The molecule has 2 heterocycles. The van der Waals surface area contributed by atoms with E-state index in [1.807, 2.05) is 0 Å². The lowest BCUT2D eigenvalue weighted by atomic mass is 9.97. The summed E-state index contributed by atoms with van der Waals surface area (Å²) in [5, 5.41) is 13.2. The fraction of sp³-hybridized carbons (Fsp3) is 0.667. The highest BCUT2D eigenvalue weighted by Gasteiger charge is 2.33. The van der Waals surface area contributed by atoms with Crippen molar-refractivity contribution in [3.63, 3.8) is 0 Å². The number of amides is 1. The monoisotopic (exact) mass is 325 g/mol. The number of hydrogen-bond acceptors (Lipinski definition) is 7. The van der Waals surface area contributed by atoms with E-state index in [1.165, 1.54) is 20.3 Å². The molecule has 8 nitrogen and oxygen atoms in total. The Hall–Kier alpha value is -2.09. The molecule has 23 heavy (non-hydrogen) atoms. The summed E-state index contributed by atoms with van der Waals surface area (Å²) < 4.78 is 15.3. The number of nitrogens with one attached hydrogen (secondary N) is 1. The van der Waals surface area contributed by atoms with Crippen LogP contribution in [0.4, 0.5) is 4.79 Å². The van der Waals surface area contributed by atoms with Gasteiger partial charge in [0.05, 0.1) is 26.0 Å². The van der Waals surface area contributed by atoms with E-state index in [1.54, 1.807) is 0 Å². The van der Waals surface area contributed by atoms with Gasteiger partial charge in [-0.3, -0.25) is 0 Å². The maximum atomic E-state index is 11.7. The Labute approximate surface area is 135 Å². The molecular formula is C15H23N3O5. The predicted molar refractivity (Wildman–Crippen MR) is 81.4 cm³/mol. The number of rotatable bonds is 7. The molecule has 1 aliphatic heterocycles. The topological polar surface area (TPSA) is 103 Å². The van der Waals surface area contributed by atoms with Crippen LogP contribution in [0.25, 0.3) is 0 Å². The fourth-order valence-electron chi connectivity index (χ4n) is 2.52. The first-order chi connectivity index (χ1) is 11.1. The third-order valence-corrected chi connectivity index (χ3v) is 3.75.